The van der Waals surface area contributed by atoms with Crippen molar-refractivity contribution in [3.05, 3.63) is 107 Å². The zero-order valence-corrected chi connectivity index (χ0v) is 18.1. The molecule has 158 valence electrons. The highest BCUT2D eigenvalue weighted by molar-refractivity contribution is 5.75. The van der Waals surface area contributed by atoms with Crippen LogP contribution in [-0.2, 0) is 18.3 Å². The summed E-state index contributed by atoms with van der Waals surface area (Å²) in [7, 11) is 0. The fourth-order valence-electron chi connectivity index (χ4n) is 5.56. The molecule has 0 saturated carbocycles. The first-order valence-electron chi connectivity index (χ1n) is 11.3. The van der Waals surface area contributed by atoms with Gasteiger partial charge in [-0.15, -0.1) is 0 Å². The Morgan fingerprint density at radius 1 is 0.906 bits per heavy atom. The summed E-state index contributed by atoms with van der Waals surface area (Å²) in [6.07, 6.45) is 4.44. The second kappa shape index (κ2) is 7.27. The highest BCUT2D eigenvalue weighted by Crippen LogP contribution is 2.49. The van der Waals surface area contributed by atoms with Gasteiger partial charge in [0.05, 0.1) is 5.69 Å². The standard InChI is InChI=1S/C28H24FN3/c1-2-28(23-12-6-7-13-24(23)29)17-20-18-30-27(31-26(20)21-10-4-5-11-22(21)28)32-16-15-19-9-3-8-14-25(19)32/h3-14,18H,2,15-17H2,1H3. The summed E-state index contributed by atoms with van der Waals surface area (Å²) in [5.74, 6) is 0.581. The molecule has 3 aromatic carbocycles. The molecule has 0 amide bonds. The van der Waals surface area contributed by atoms with Crippen molar-refractivity contribution < 1.29 is 4.39 Å². The Morgan fingerprint density at radius 3 is 2.50 bits per heavy atom. The van der Waals surface area contributed by atoms with Crippen LogP contribution >= 0.6 is 0 Å². The van der Waals surface area contributed by atoms with Gasteiger partial charge in [0.1, 0.15) is 5.82 Å². The summed E-state index contributed by atoms with van der Waals surface area (Å²) in [6.45, 7) is 3.03. The first-order valence-corrected chi connectivity index (χ1v) is 11.3. The van der Waals surface area contributed by atoms with E-state index in [9.17, 15) is 0 Å². The van der Waals surface area contributed by atoms with E-state index in [-0.39, 0.29) is 5.82 Å². The number of hydrogen-bond donors (Lipinski definition) is 0. The molecule has 1 atom stereocenters. The molecule has 0 spiro atoms. The highest BCUT2D eigenvalue weighted by Gasteiger charge is 2.41. The topological polar surface area (TPSA) is 29.0 Å². The fourth-order valence-corrected chi connectivity index (χ4v) is 5.56. The number of fused-ring (bicyclic) bond motifs is 4. The van der Waals surface area contributed by atoms with Gasteiger partial charge in [-0.2, -0.15) is 0 Å². The molecule has 0 saturated heterocycles. The second-order valence-corrected chi connectivity index (χ2v) is 8.71. The first-order chi connectivity index (χ1) is 15.7. The molecular weight excluding hydrogens is 397 g/mol. The Hall–Kier alpha value is -3.53. The Bertz CT molecular complexity index is 1330. The van der Waals surface area contributed by atoms with Crippen LogP contribution in [-0.4, -0.2) is 16.5 Å². The molecule has 0 fully saturated rings. The second-order valence-electron chi connectivity index (χ2n) is 8.71. The molecule has 2 aliphatic rings. The Balaban J connectivity index is 1.52. The third-order valence-corrected chi connectivity index (χ3v) is 7.16. The summed E-state index contributed by atoms with van der Waals surface area (Å²) < 4.78 is 15.0. The molecule has 0 bridgehead atoms. The van der Waals surface area contributed by atoms with Gasteiger partial charge < -0.3 is 4.90 Å². The van der Waals surface area contributed by atoms with E-state index in [0.717, 1.165) is 53.3 Å². The number of benzene rings is 3. The van der Waals surface area contributed by atoms with Gasteiger partial charge in [-0.05, 0) is 53.6 Å². The molecule has 1 aliphatic carbocycles. The molecule has 2 heterocycles. The SMILES string of the molecule is CCC1(c2ccccc2F)Cc2cnc(N3CCc4ccccc43)nc2-c2ccccc21. The van der Waals surface area contributed by atoms with Gasteiger partial charge in [0.15, 0.2) is 0 Å². The quantitative estimate of drug-likeness (QED) is 0.393. The summed E-state index contributed by atoms with van der Waals surface area (Å²) >= 11 is 0. The maximum Gasteiger partial charge on any atom is 0.230 e. The smallest absolute Gasteiger partial charge is 0.230 e. The Labute approximate surface area is 187 Å². The number of para-hydroxylation sites is 1. The van der Waals surface area contributed by atoms with Crippen LogP contribution in [0.2, 0.25) is 0 Å². The van der Waals surface area contributed by atoms with Crippen molar-refractivity contribution in [2.75, 3.05) is 11.4 Å². The molecule has 1 aromatic heterocycles. The van der Waals surface area contributed by atoms with E-state index in [4.69, 9.17) is 9.97 Å². The molecule has 32 heavy (non-hydrogen) atoms. The largest absolute Gasteiger partial charge is 0.310 e. The molecule has 4 heteroatoms. The minimum atomic E-state index is -0.430. The van der Waals surface area contributed by atoms with E-state index in [2.05, 4.69) is 48.2 Å². The zero-order chi connectivity index (χ0) is 21.7. The summed E-state index contributed by atoms with van der Waals surface area (Å²) in [5, 5.41) is 0. The molecule has 1 unspecified atom stereocenters. The van der Waals surface area contributed by atoms with E-state index in [1.54, 1.807) is 12.1 Å². The Morgan fingerprint density at radius 2 is 1.66 bits per heavy atom. The van der Waals surface area contributed by atoms with E-state index < -0.39 is 5.41 Å². The minimum absolute atomic E-state index is 0.154. The summed E-state index contributed by atoms with van der Waals surface area (Å²) in [6, 6.07) is 24.0. The van der Waals surface area contributed by atoms with Crippen molar-refractivity contribution in [2.45, 2.75) is 31.6 Å². The van der Waals surface area contributed by atoms with Crippen LogP contribution in [0.5, 0.6) is 0 Å². The molecular formula is C28H24FN3. The number of rotatable bonds is 3. The van der Waals surface area contributed by atoms with Crippen LogP contribution in [0.1, 0.15) is 35.6 Å². The van der Waals surface area contributed by atoms with Crippen molar-refractivity contribution in [1.29, 1.82) is 0 Å². The van der Waals surface area contributed by atoms with Crippen molar-refractivity contribution >= 4 is 11.6 Å². The number of aromatic nitrogens is 2. The van der Waals surface area contributed by atoms with Gasteiger partial charge in [0, 0.05) is 29.4 Å². The summed E-state index contributed by atoms with van der Waals surface area (Å²) in [5.41, 5.74) is 7.10. The maximum atomic E-state index is 15.0. The van der Waals surface area contributed by atoms with Gasteiger partial charge in [-0.1, -0.05) is 67.6 Å². The van der Waals surface area contributed by atoms with Crippen LogP contribution in [0.15, 0.2) is 79.0 Å². The lowest BCUT2D eigenvalue weighted by atomic mass is 9.64. The predicted octanol–water partition coefficient (Wildman–Crippen LogP) is 6.23. The fraction of sp³-hybridized carbons (Fsp3) is 0.214. The normalized spacial score (nSPS) is 18.8. The number of anilines is 2. The van der Waals surface area contributed by atoms with E-state index in [1.165, 1.54) is 11.3 Å². The summed E-state index contributed by atoms with van der Waals surface area (Å²) in [4.78, 5) is 12.1. The van der Waals surface area contributed by atoms with Gasteiger partial charge in [0.25, 0.3) is 0 Å². The first kappa shape index (κ1) is 19.2. The van der Waals surface area contributed by atoms with Crippen LogP contribution in [0.3, 0.4) is 0 Å². The molecule has 0 N–H and O–H groups in total. The third-order valence-electron chi connectivity index (χ3n) is 7.16. The van der Waals surface area contributed by atoms with Gasteiger partial charge in [0.2, 0.25) is 5.95 Å². The van der Waals surface area contributed by atoms with Gasteiger partial charge in [-0.25, -0.2) is 14.4 Å². The highest BCUT2D eigenvalue weighted by atomic mass is 19.1. The monoisotopic (exact) mass is 421 g/mol. The van der Waals surface area contributed by atoms with E-state index in [0.29, 0.717) is 6.42 Å². The lowest BCUT2D eigenvalue weighted by molar-refractivity contribution is 0.455. The average molecular weight is 422 g/mol. The van der Waals surface area contributed by atoms with Crippen molar-refractivity contribution in [3.8, 4) is 11.3 Å². The van der Waals surface area contributed by atoms with Crippen LogP contribution in [0, 0.1) is 5.82 Å². The minimum Gasteiger partial charge on any atom is -0.310 e. The average Bonchev–Trinajstić information content (AvgIpc) is 3.28. The van der Waals surface area contributed by atoms with Crippen LogP contribution in [0.25, 0.3) is 11.3 Å². The van der Waals surface area contributed by atoms with Crippen LogP contribution in [0.4, 0.5) is 16.0 Å². The van der Waals surface area contributed by atoms with Gasteiger partial charge >= 0.3 is 0 Å². The molecule has 3 nitrogen and oxygen atoms in total. The maximum absolute atomic E-state index is 15.0. The van der Waals surface area contributed by atoms with Gasteiger partial charge in [-0.3, -0.25) is 0 Å². The molecule has 1 aliphatic heterocycles. The number of hydrogen-bond acceptors (Lipinski definition) is 3. The molecule has 4 aromatic rings. The number of nitrogens with zero attached hydrogens (tertiary/aromatic N) is 3. The van der Waals surface area contributed by atoms with Crippen molar-refractivity contribution in [1.82, 2.24) is 9.97 Å². The molecule has 6 rings (SSSR count). The third kappa shape index (κ3) is 2.72. The zero-order valence-electron chi connectivity index (χ0n) is 18.1. The van der Waals surface area contributed by atoms with E-state index in [1.807, 2.05) is 30.5 Å². The predicted molar refractivity (Wildman–Crippen MR) is 126 cm³/mol. The Kier molecular flexibility index (Phi) is 4.35. The van der Waals surface area contributed by atoms with E-state index >= 15 is 4.39 Å². The molecule has 0 radical (unpaired) electrons. The number of halogens is 1. The van der Waals surface area contributed by atoms with Crippen LogP contribution < -0.4 is 4.90 Å². The van der Waals surface area contributed by atoms with Crippen molar-refractivity contribution in [2.24, 2.45) is 0 Å². The lowest BCUT2D eigenvalue weighted by Gasteiger charge is -2.40. The van der Waals surface area contributed by atoms with Crippen molar-refractivity contribution in [3.63, 3.8) is 0 Å². The lowest BCUT2D eigenvalue weighted by Crippen LogP contribution is -2.35.